The molecule has 0 radical (unpaired) electrons. The molecule has 0 N–H and O–H groups in total. The van der Waals surface area contributed by atoms with E-state index in [0.717, 1.165) is 15.4 Å². The summed E-state index contributed by atoms with van der Waals surface area (Å²) in [5, 5.41) is 0. The maximum Gasteiger partial charge on any atom is 0.333 e. The second kappa shape index (κ2) is 5.09. The van der Waals surface area contributed by atoms with Crippen LogP contribution in [0.15, 0.2) is 47.1 Å². The summed E-state index contributed by atoms with van der Waals surface area (Å²) in [4.78, 5) is 37.6. The molecule has 0 bridgehead atoms. The van der Waals surface area contributed by atoms with E-state index in [-0.39, 0.29) is 5.57 Å². The molecule has 2 fully saturated rings. The molecule has 0 aromatic rings. The molecular formula is C17H18N2O3. The topological polar surface area (TPSA) is 57.7 Å². The van der Waals surface area contributed by atoms with Crippen LogP contribution in [-0.2, 0) is 9.59 Å². The average Bonchev–Trinajstić information content (AvgIpc) is 3.29. The molecule has 1 saturated carbocycles. The normalized spacial score (nSPS) is 28.0. The fourth-order valence-electron chi connectivity index (χ4n) is 2.93. The molecule has 114 valence electrons. The molecule has 1 aliphatic heterocycles. The number of carbonyl (C=O) groups excluding carboxylic acids is 3. The molecule has 0 aromatic carbocycles. The van der Waals surface area contributed by atoms with Crippen LogP contribution < -0.4 is 0 Å². The van der Waals surface area contributed by atoms with Gasteiger partial charge in [-0.25, -0.2) is 4.79 Å². The minimum atomic E-state index is -0.607. The Balaban J connectivity index is 1.82. The number of urea groups is 1. The van der Waals surface area contributed by atoms with E-state index in [0.29, 0.717) is 11.8 Å². The SMILES string of the molecule is CC1=C(/C=C/C=C2C(=O)N(C)C(=O)N(C)C2=O)C=CC2CC12. The lowest BCUT2D eigenvalue weighted by atomic mass is 9.98. The van der Waals surface area contributed by atoms with Gasteiger partial charge in [-0.05, 0) is 36.8 Å². The predicted molar refractivity (Wildman–Crippen MR) is 81.6 cm³/mol. The first-order valence-corrected chi connectivity index (χ1v) is 7.29. The van der Waals surface area contributed by atoms with Crippen LogP contribution >= 0.6 is 0 Å². The van der Waals surface area contributed by atoms with Gasteiger partial charge in [-0.15, -0.1) is 0 Å². The summed E-state index contributed by atoms with van der Waals surface area (Å²) >= 11 is 0. The van der Waals surface area contributed by atoms with E-state index in [1.807, 2.05) is 6.08 Å². The Labute approximate surface area is 129 Å². The Bertz CT molecular complexity index is 671. The highest BCUT2D eigenvalue weighted by molar-refractivity contribution is 6.28. The molecule has 0 spiro atoms. The van der Waals surface area contributed by atoms with Crippen molar-refractivity contribution in [3.8, 4) is 0 Å². The number of hydrogen-bond acceptors (Lipinski definition) is 3. The lowest BCUT2D eigenvalue weighted by Gasteiger charge is -2.28. The first-order chi connectivity index (χ1) is 10.4. The first-order valence-electron chi connectivity index (χ1n) is 7.29. The Kier molecular flexibility index (Phi) is 3.35. The zero-order chi connectivity index (χ0) is 16.0. The van der Waals surface area contributed by atoms with Gasteiger partial charge in [-0.3, -0.25) is 19.4 Å². The Morgan fingerprint density at radius 1 is 1.14 bits per heavy atom. The zero-order valence-corrected chi connectivity index (χ0v) is 12.9. The van der Waals surface area contributed by atoms with Crippen LogP contribution in [0.3, 0.4) is 0 Å². The van der Waals surface area contributed by atoms with Gasteiger partial charge in [0, 0.05) is 14.1 Å². The minimum absolute atomic E-state index is 0.00295. The number of hydrogen-bond donors (Lipinski definition) is 0. The quantitative estimate of drug-likeness (QED) is 0.579. The van der Waals surface area contributed by atoms with Crippen molar-refractivity contribution in [2.75, 3.05) is 14.1 Å². The lowest BCUT2D eigenvalue weighted by Crippen LogP contribution is -2.52. The van der Waals surface area contributed by atoms with Crippen molar-refractivity contribution < 1.29 is 14.4 Å². The summed E-state index contributed by atoms with van der Waals surface area (Å²) in [6.45, 7) is 2.12. The summed E-state index contributed by atoms with van der Waals surface area (Å²) in [7, 11) is 2.74. The maximum absolute atomic E-state index is 12.0. The molecule has 1 saturated heterocycles. The Morgan fingerprint density at radius 3 is 2.41 bits per heavy atom. The molecule has 5 nitrogen and oxygen atoms in total. The Morgan fingerprint density at radius 2 is 1.77 bits per heavy atom. The molecule has 22 heavy (non-hydrogen) atoms. The third kappa shape index (κ3) is 2.22. The van der Waals surface area contributed by atoms with Gasteiger partial charge in [0.2, 0.25) is 0 Å². The van der Waals surface area contributed by atoms with E-state index in [4.69, 9.17) is 0 Å². The smallest absolute Gasteiger partial charge is 0.268 e. The van der Waals surface area contributed by atoms with Crippen LogP contribution in [0, 0.1) is 11.8 Å². The minimum Gasteiger partial charge on any atom is -0.268 e. The Hall–Kier alpha value is -2.43. The van der Waals surface area contributed by atoms with E-state index < -0.39 is 17.8 Å². The van der Waals surface area contributed by atoms with Gasteiger partial charge in [0.1, 0.15) is 5.57 Å². The highest BCUT2D eigenvalue weighted by Crippen LogP contribution is 2.49. The molecular weight excluding hydrogens is 280 g/mol. The molecule has 1 heterocycles. The zero-order valence-electron chi connectivity index (χ0n) is 12.9. The number of fused-ring (bicyclic) bond motifs is 1. The molecule has 3 aliphatic rings. The van der Waals surface area contributed by atoms with E-state index >= 15 is 0 Å². The van der Waals surface area contributed by atoms with Gasteiger partial charge in [0.05, 0.1) is 0 Å². The monoisotopic (exact) mass is 298 g/mol. The van der Waals surface area contributed by atoms with Crippen molar-refractivity contribution in [1.82, 2.24) is 9.80 Å². The molecule has 0 aromatic heterocycles. The van der Waals surface area contributed by atoms with Crippen molar-refractivity contribution in [3.05, 3.63) is 47.1 Å². The van der Waals surface area contributed by atoms with Crippen LogP contribution in [0.25, 0.3) is 0 Å². The number of nitrogens with zero attached hydrogens (tertiary/aromatic N) is 2. The molecule has 2 aliphatic carbocycles. The standard InChI is InChI=1S/C17H18N2O3/c1-10-11(7-8-12-9-14(10)12)5-4-6-13-15(20)18(2)17(22)19(3)16(13)21/h4-8,12,14H,9H2,1-3H3/b5-4+. The number of rotatable bonds is 2. The molecule has 2 atom stereocenters. The predicted octanol–water partition coefficient (Wildman–Crippen LogP) is 2.04. The number of likely N-dealkylation sites (N-methyl/N-ethyl adjacent to an activating group) is 2. The number of allylic oxidation sites excluding steroid dienone is 7. The molecule has 4 amide bonds. The van der Waals surface area contributed by atoms with Gasteiger partial charge >= 0.3 is 6.03 Å². The van der Waals surface area contributed by atoms with Crippen molar-refractivity contribution in [1.29, 1.82) is 0 Å². The van der Waals surface area contributed by atoms with E-state index in [1.54, 1.807) is 6.08 Å². The van der Waals surface area contributed by atoms with Crippen LogP contribution in [0.1, 0.15) is 13.3 Å². The van der Waals surface area contributed by atoms with Gasteiger partial charge < -0.3 is 0 Å². The first kappa shape index (κ1) is 14.5. The lowest BCUT2D eigenvalue weighted by molar-refractivity contribution is -0.134. The second-order valence-electron chi connectivity index (χ2n) is 5.95. The van der Waals surface area contributed by atoms with Gasteiger partial charge in [0.15, 0.2) is 0 Å². The average molecular weight is 298 g/mol. The summed E-state index contributed by atoms with van der Waals surface area (Å²) in [6.07, 6.45) is 10.6. The summed E-state index contributed by atoms with van der Waals surface area (Å²) in [5.74, 6) is 0.227. The number of amides is 4. The second-order valence-corrected chi connectivity index (χ2v) is 5.95. The van der Waals surface area contributed by atoms with Crippen molar-refractivity contribution in [2.45, 2.75) is 13.3 Å². The fraction of sp³-hybridized carbons (Fsp3) is 0.353. The summed E-state index contributed by atoms with van der Waals surface area (Å²) < 4.78 is 0. The number of imide groups is 2. The van der Waals surface area contributed by atoms with Gasteiger partial charge in [-0.2, -0.15) is 0 Å². The van der Waals surface area contributed by atoms with Crippen LogP contribution in [0.4, 0.5) is 4.79 Å². The van der Waals surface area contributed by atoms with E-state index in [1.165, 1.54) is 32.2 Å². The largest absolute Gasteiger partial charge is 0.333 e. The van der Waals surface area contributed by atoms with E-state index in [2.05, 4.69) is 19.1 Å². The molecule has 5 heteroatoms. The third-order valence-electron chi connectivity index (χ3n) is 4.56. The highest BCUT2D eigenvalue weighted by Gasteiger charge is 2.39. The number of carbonyl (C=O) groups is 3. The van der Waals surface area contributed by atoms with Crippen molar-refractivity contribution in [3.63, 3.8) is 0 Å². The van der Waals surface area contributed by atoms with Crippen LogP contribution in [0.5, 0.6) is 0 Å². The van der Waals surface area contributed by atoms with Gasteiger partial charge in [-0.1, -0.05) is 29.9 Å². The fourth-order valence-corrected chi connectivity index (χ4v) is 2.93. The molecule has 2 unspecified atom stereocenters. The maximum atomic E-state index is 12.0. The summed E-state index contributed by atoms with van der Waals surface area (Å²) in [5.41, 5.74) is 2.49. The van der Waals surface area contributed by atoms with Gasteiger partial charge in [0.25, 0.3) is 11.8 Å². The van der Waals surface area contributed by atoms with E-state index in [9.17, 15) is 14.4 Å². The van der Waals surface area contributed by atoms with Crippen molar-refractivity contribution in [2.24, 2.45) is 11.8 Å². The number of barbiturate groups is 1. The van der Waals surface area contributed by atoms with Crippen LogP contribution in [-0.4, -0.2) is 41.7 Å². The third-order valence-corrected chi connectivity index (χ3v) is 4.56. The molecule has 3 rings (SSSR count). The van der Waals surface area contributed by atoms with Crippen LogP contribution in [0.2, 0.25) is 0 Å². The van der Waals surface area contributed by atoms with Crippen molar-refractivity contribution >= 4 is 17.8 Å². The summed E-state index contributed by atoms with van der Waals surface area (Å²) in [6, 6.07) is -0.607. The highest BCUT2D eigenvalue weighted by atomic mass is 16.2.